The molecule has 4 rings (SSSR count). The number of hydrogen-bond acceptors (Lipinski definition) is 6. The van der Waals surface area contributed by atoms with E-state index in [0.717, 1.165) is 33.8 Å². The molecule has 0 aromatic carbocycles. The fraction of sp³-hybridized carbons (Fsp3) is 0.273. The van der Waals surface area contributed by atoms with Crippen LogP contribution in [0, 0.1) is 27.7 Å². The lowest BCUT2D eigenvalue weighted by Crippen LogP contribution is -2.27. The minimum absolute atomic E-state index is 0.000802. The number of anilines is 2. The number of H-pyrrole nitrogens is 1. The number of aryl methyl sites for hydroxylation is 3. The van der Waals surface area contributed by atoms with Crippen LogP contribution in [0.4, 0.5) is 11.8 Å². The number of methoxy groups -OCH3 is 1. The lowest BCUT2D eigenvalue weighted by Gasteiger charge is -2.19. The summed E-state index contributed by atoms with van der Waals surface area (Å²) in [4.78, 5) is 31.2. The molecule has 9 heteroatoms. The molecule has 3 aromatic rings. The van der Waals surface area contributed by atoms with Gasteiger partial charge in [0.2, 0.25) is 5.95 Å². The Bertz CT molecular complexity index is 1250. The first-order chi connectivity index (χ1) is 14.7. The Morgan fingerprint density at radius 1 is 1.23 bits per heavy atom. The summed E-state index contributed by atoms with van der Waals surface area (Å²) in [6, 6.07) is 2.01. The van der Waals surface area contributed by atoms with Crippen LogP contribution < -0.4 is 15.4 Å². The van der Waals surface area contributed by atoms with Crippen LogP contribution in [-0.2, 0) is 11.3 Å². The summed E-state index contributed by atoms with van der Waals surface area (Å²) in [5.41, 5.74) is 12.0. The molecule has 0 fully saturated rings. The van der Waals surface area contributed by atoms with Crippen LogP contribution in [0.3, 0.4) is 0 Å². The van der Waals surface area contributed by atoms with E-state index >= 15 is 0 Å². The zero-order valence-corrected chi connectivity index (χ0v) is 18.8. The molecule has 0 atom stereocenters. The third-order valence-corrected chi connectivity index (χ3v) is 5.67. The second kappa shape index (κ2) is 7.70. The van der Waals surface area contributed by atoms with Crippen LogP contribution in [-0.4, -0.2) is 33.0 Å². The van der Waals surface area contributed by atoms with Crippen molar-refractivity contribution in [2.75, 3.05) is 17.7 Å². The number of nitrogens with one attached hydrogen (secondary N) is 1. The van der Waals surface area contributed by atoms with Crippen LogP contribution >= 0.6 is 11.6 Å². The van der Waals surface area contributed by atoms with Gasteiger partial charge in [0.1, 0.15) is 10.9 Å². The zero-order chi connectivity index (χ0) is 22.4. The first kappa shape index (κ1) is 20.9. The number of hydrogen-bond donors (Lipinski definition) is 2. The SMILES string of the molecule is COc1c(C)cnc(CN2C(=O)C(=Cc3[nH]c(C)cc3C)c3c(Cl)nc(N)nc32)c1C. The topological polar surface area (TPSA) is 110 Å². The van der Waals surface area contributed by atoms with Gasteiger partial charge in [-0.25, -0.2) is 4.98 Å². The standard InChI is InChI=1S/C22H23ClN6O2/c1-10-6-12(3)26-15(10)7-14-17-19(23)27-22(24)28-20(17)29(21(14)30)9-16-13(4)18(31-5)11(2)8-25-16/h6-8,26H,9H2,1-5H3,(H2,24,27,28). The zero-order valence-electron chi connectivity index (χ0n) is 18.0. The van der Waals surface area contributed by atoms with Crippen molar-refractivity contribution in [3.63, 3.8) is 0 Å². The molecule has 3 aromatic heterocycles. The molecule has 1 amide bonds. The number of ether oxygens (including phenoxy) is 1. The third-order valence-electron chi connectivity index (χ3n) is 5.40. The molecule has 0 unspecified atom stereocenters. The van der Waals surface area contributed by atoms with E-state index in [-0.39, 0.29) is 23.6 Å². The number of nitrogens with zero attached hydrogens (tertiary/aromatic N) is 4. The quantitative estimate of drug-likeness (QED) is 0.474. The van der Waals surface area contributed by atoms with Crippen molar-refractivity contribution < 1.29 is 9.53 Å². The number of aromatic nitrogens is 4. The smallest absolute Gasteiger partial charge is 0.260 e. The first-order valence-electron chi connectivity index (χ1n) is 9.73. The maximum Gasteiger partial charge on any atom is 0.260 e. The highest BCUT2D eigenvalue weighted by Gasteiger charge is 2.37. The van der Waals surface area contributed by atoms with E-state index in [4.69, 9.17) is 22.1 Å². The Balaban J connectivity index is 1.85. The van der Waals surface area contributed by atoms with Crippen molar-refractivity contribution in [1.82, 2.24) is 19.9 Å². The summed E-state index contributed by atoms with van der Waals surface area (Å²) >= 11 is 6.42. The molecule has 1 aliphatic heterocycles. The van der Waals surface area contributed by atoms with Gasteiger partial charge >= 0.3 is 0 Å². The van der Waals surface area contributed by atoms with Gasteiger partial charge in [-0.2, -0.15) is 4.98 Å². The number of fused-ring (bicyclic) bond motifs is 1. The molecular weight excluding hydrogens is 416 g/mol. The fourth-order valence-corrected chi connectivity index (χ4v) is 4.19. The number of aromatic amines is 1. The number of nitrogen functional groups attached to an aromatic ring is 1. The van der Waals surface area contributed by atoms with Crippen molar-refractivity contribution in [2.24, 2.45) is 0 Å². The molecule has 8 nitrogen and oxygen atoms in total. The number of carbonyl (C=O) groups is 1. The molecule has 0 saturated carbocycles. The summed E-state index contributed by atoms with van der Waals surface area (Å²) in [6.07, 6.45) is 3.51. The molecule has 31 heavy (non-hydrogen) atoms. The lowest BCUT2D eigenvalue weighted by atomic mass is 10.1. The Morgan fingerprint density at radius 2 is 1.97 bits per heavy atom. The van der Waals surface area contributed by atoms with Gasteiger partial charge in [0.25, 0.3) is 5.91 Å². The van der Waals surface area contributed by atoms with Crippen molar-refractivity contribution >= 4 is 40.9 Å². The first-order valence-corrected chi connectivity index (χ1v) is 10.1. The van der Waals surface area contributed by atoms with Gasteiger partial charge in [-0.3, -0.25) is 14.7 Å². The average molecular weight is 439 g/mol. The highest BCUT2D eigenvalue weighted by atomic mass is 35.5. The molecule has 1 aliphatic rings. The number of amides is 1. The van der Waals surface area contributed by atoms with Crippen molar-refractivity contribution in [3.05, 3.63) is 56.8 Å². The van der Waals surface area contributed by atoms with Crippen LogP contribution in [0.25, 0.3) is 11.6 Å². The molecular formula is C22H23ClN6O2. The predicted molar refractivity (Wildman–Crippen MR) is 121 cm³/mol. The van der Waals surface area contributed by atoms with E-state index in [1.54, 1.807) is 19.4 Å². The molecule has 3 N–H and O–H groups in total. The van der Waals surface area contributed by atoms with Crippen LogP contribution in [0.1, 0.15) is 39.3 Å². The molecule has 0 saturated heterocycles. The molecule has 0 aliphatic carbocycles. The maximum absolute atomic E-state index is 13.5. The Kier molecular flexibility index (Phi) is 5.18. The number of rotatable bonds is 4. The summed E-state index contributed by atoms with van der Waals surface area (Å²) < 4.78 is 5.51. The van der Waals surface area contributed by atoms with E-state index < -0.39 is 0 Å². The minimum Gasteiger partial charge on any atom is -0.496 e. The Hall–Kier alpha value is -3.39. The van der Waals surface area contributed by atoms with E-state index in [9.17, 15) is 4.79 Å². The molecule has 0 radical (unpaired) electrons. The van der Waals surface area contributed by atoms with Gasteiger partial charge in [-0.05, 0) is 45.4 Å². The number of halogens is 1. The van der Waals surface area contributed by atoms with E-state index in [1.165, 1.54) is 4.90 Å². The molecule has 4 heterocycles. The second-order valence-corrected chi connectivity index (χ2v) is 7.97. The normalized spacial score (nSPS) is 14.5. The average Bonchev–Trinajstić information content (AvgIpc) is 3.15. The molecule has 0 bridgehead atoms. The van der Waals surface area contributed by atoms with Gasteiger partial charge in [0.05, 0.1) is 30.5 Å². The van der Waals surface area contributed by atoms with Crippen molar-refractivity contribution in [2.45, 2.75) is 34.2 Å². The van der Waals surface area contributed by atoms with Crippen LogP contribution in [0.15, 0.2) is 12.3 Å². The third kappa shape index (κ3) is 3.53. The van der Waals surface area contributed by atoms with Gasteiger partial charge < -0.3 is 15.5 Å². The highest BCUT2D eigenvalue weighted by molar-refractivity contribution is 6.41. The summed E-state index contributed by atoms with van der Waals surface area (Å²) in [6.45, 7) is 7.97. The van der Waals surface area contributed by atoms with Gasteiger partial charge in [-0.15, -0.1) is 0 Å². The van der Waals surface area contributed by atoms with E-state index in [0.29, 0.717) is 22.6 Å². The molecule has 0 spiro atoms. The Labute approximate surface area is 185 Å². The van der Waals surface area contributed by atoms with Crippen LogP contribution in [0.2, 0.25) is 5.15 Å². The number of carbonyl (C=O) groups excluding carboxylic acids is 1. The van der Waals surface area contributed by atoms with Gasteiger partial charge in [0, 0.05) is 28.7 Å². The largest absolute Gasteiger partial charge is 0.496 e. The fourth-order valence-electron chi connectivity index (χ4n) is 3.92. The number of pyridine rings is 1. The molecule has 160 valence electrons. The van der Waals surface area contributed by atoms with Gasteiger partial charge in [0.15, 0.2) is 5.82 Å². The Morgan fingerprint density at radius 3 is 2.61 bits per heavy atom. The monoisotopic (exact) mass is 438 g/mol. The van der Waals surface area contributed by atoms with Crippen molar-refractivity contribution in [3.8, 4) is 5.75 Å². The minimum atomic E-state index is -0.246. The highest BCUT2D eigenvalue weighted by Crippen LogP contribution is 2.41. The van der Waals surface area contributed by atoms with E-state index in [2.05, 4.69) is 19.9 Å². The van der Waals surface area contributed by atoms with E-state index in [1.807, 2.05) is 33.8 Å². The summed E-state index contributed by atoms with van der Waals surface area (Å²) in [7, 11) is 1.62. The van der Waals surface area contributed by atoms with Crippen molar-refractivity contribution in [1.29, 1.82) is 0 Å². The van der Waals surface area contributed by atoms with Gasteiger partial charge in [-0.1, -0.05) is 11.6 Å². The summed E-state index contributed by atoms with van der Waals surface area (Å²) in [5, 5.41) is 0.136. The maximum atomic E-state index is 13.5. The summed E-state index contributed by atoms with van der Waals surface area (Å²) in [5.74, 6) is 0.867. The lowest BCUT2D eigenvalue weighted by molar-refractivity contribution is -0.113. The second-order valence-electron chi connectivity index (χ2n) is 7.62. The number of nitrogens with two attached hydrogens (primary N) is 1. The van der Waals surface area contributed by atoms with Crippen LogP contribution in [0.5, 0.6) is 5.75 Å². The predicted octanol–water partition coefficient (Wildman–Crippen LogP) is 3.76.